The molecule has 0 spiro atoms. The molecule has 1 heterocycles. The lowest BCUT2D eigenvalue weighted by Crippen LogP contribution is -2.44. The van der Waals surface area contributed by atoms with Crippen molar-refractivity contribution >= 4 is 17.3 Å². The highest BCUT2D eigenvalue weighted by Crippen LogP contribution is 2.14. The number of anilines is 2. The van der Waals surface area contributed by atoms with Gasteiger partial charge in [0.25, 0.3) is 5.56 Å². The van der Waals surface area contributed by atoms with Gasteiger partial charge in [0.1, 0.15) is 17.2 Å². The van der Waals surface area contributed by atoms with Gasteiger partial charge in [-0.25, -0.2) is 9.18 Å². The fourth-order valence-corrected chi connectivity index (χ4v) is 3.04. The van der Waals surface area contributed by atoms with E-state index in [4.69, 9.17) is 5.73 Å². The molecule has 8 heteroatoms. The molecule has 3 rings (SSSR count). The van der Waals surface area contributed by atoms with Gasteiger partial charge in [-0.15, -0.1) is 0 Å². The first-order valence-corrected chi connectivity index (χ1v) is 9.12. The minimum absolute atomic E-state index is 0.0910. The Kier molecular flexibility index (Phi) is 5.92. The lowest BCUT2D eigenvalue weighted by atomic mass is 10.1. The summed E-state index contributed by atoms with van der Waals surface area (Å²) in [6.45, 7) is 1.51. The molecule has 0 aliphatic heterocycles. The van der Waals surface area contributed by atoms with Crippen LogP contribution in [-0.4, -0.2) is 21.5 Å². The number of aromatic nitrogens is 2. The molecule has 0 atom stereocenters. The number of carbonyl (C=O) groups excluding carboxylic acids is 1. The Morgan fingerprint density at radius 3 is 2.34 bits per heavy atom. The highest BCUT2D eigenvalue weighted by atomic mass is 19.1. The van der Waals surface area contributed by atoms with Crippen LogP contribution in [0.5, 0.6) is 0 Å². The number of benzene rings is 2. The van der Waals surface area contributed by atoms with Crippen molar-refractivity contribution in [3.05, 3.63) is 92.4 Å². The van der Waals surface area contributed by atoms with Crippen LogP contribution >= 0.6 is 0 Å². The Hall–Kier alpha value is -3.68. The van der Waals surface area contributed by atoms with Gasteiger partial charge in [0.2, 0.25) is 0 Å². The van der Waals surface area contributed by atoms with Crippen molar-refractivity contribution in [3.8, 4) is 0 Å². The molecule has 7 nitrogen and oxygen atoms in total. The van der Waals surface area contributed by atoms with Crippen molar-refractivity contribution in [1.29, 1.82) is 0 Å². The Morgan fingerprint density at radius 1 is 1.03 bits per heavy atom. The smallest absolute Gasteiger partial charge is 0.332 e. The molecule has 3 aromatic rings. The zero-order chi connectivity index (χ0) is 21.0. The van der Waals surface area contributed by atoms with E-state index in [0.717, 1.165) is 10.1 Å². The number of nitrogens with two attached hydrogens (primary N) is 1. The highest BCUT2D eigenvalue weighted by molar-refractivity contribution is 6.02. The molecule has 0 aliphatic carbocycles. The summed E-state index contributed by atoms with van der Waals surface area (Å²) >= 11 is 0. The summed E-state index contributed by atoms with van der Waals surface area (Å²) in [5, 5.41) is 2.67. The van der Waals surface area contributed by atoms with Crippen LogP contribution in [0.3, 0.4) is 0 Å². The summed E-state index contributed by atoms with van der Waals surface area (Å²) in [5.41, 5.74) is 5.39. The van der Waals surface area contributed by atoms with Crippen LogP contribution in [0.15, 0.2) is 64.2 Å². The average molecular weight is 396 g/mol. The minimum atomic E-state index is -0.750. The van der Waals surface area contributed by atoms with E-state index in [1.807, 2.05) is 30.3 Å². The van der Waals surface area contributed by atoms with Crippen LogP contribution in [0.1, 0.15) is 22.8 Å². The van der Waals surface area contributed by atoms with E-state index < -0.39 is 22.8 Å². The molecule has 0 radical (unpaired) electrons. The summed E-state index contributed by atoms with van der Waals surface area (Å²) in [6, 6.07) is 15.0. The maximum atomic E-state index is 13.8. The third-order valence-corrected chi connectivity index (χ3v) is 4.56. The monoisotopic (exact) mass is 396 g/mol. The summed E-state index contributed by atoms with van der Waals surface area (Å²) in [7, 11) is 0. The zero-order valence-electron chi connectivity index (χ0n) is 15.9. The molecular weight excluding hydrogens is 375 g/mol. The Morgan fingerprint density at radius 2 is 1.69 bits per heavy atom. The molecule has 0 bridgehead atoms. The normalized spacial score (nSPS) is 10.7. The van der Waals surface area contributed by atoms with Gasteiger partial charge in [-0.05, 0) is 24.6 Å². The molecule has 2 aromatic carbocycles. The second-order valence-electron chi connectivity index (χ2n) is 6.42. The van der Waals surface area contributed by atoms with Crippen molar-refractivity contribution < 1.29 is 9.18 Å². The molecule has 29 heavy (non-hydrogen) atoms. The van der Waals surface area contributed by atoms with Crippen molar-refractivity contribution in [3.63, 3.8) is 0 Å². The van der Waals surface area contributed by atoms with Gasteiger partial charge >= 0.3 is 5.69 Å². The van der Waals surface area contributed by atoms with E-state index >= 15 is 0 Å². The van der Waals surface area contributed by atoms with Crippen LogP contribution in [0.2, 0.25) is 0 Å². The number of hydrogen-bond donors (Lipinski definition) is 2. The predicted octanol–water partition coefficient (Wildman–Crippen LogP) is 2.09. The summed E-state index contributed by atoms with van der Waals surface area (Å²) < 4.78 is 15.9. The van der Waals surface area contributed by atoms with Crippen LogP contribution in [0.4, 0.5) is 15.9 Å². The van der Waals surface area contributed by atoms with Crippen molar-refractivity contribution in [1.82, 2.24) is 9.13 Å². The lowest BCUT2D eigenvalue weighted by molar-refractivity contribution is 0.100. The van der Waals surface area contributed by atoms with E-state index in [-0.39, 0.29) is 36.7 Å². The lowest BCUT2D eigenvalue weighted by Gasteiger charge is -2.16. The highest BCUT2D eigenvalue weighted by Gasteiger charge is 2.22. The largest absolute Gasteiger partial charge is 0.384 e. The fraction of sp³-hybridized carbons (Fsp3) is 0.190. The van der Waals surface area contributed by atoms with Gasteiger partial charge in [-0.2, -0.15) is 0 Å². The molecule has 0 aliphatic rings. The second kappa shape index (κ2) is 8.55. The number of halogens is 1. The van der Waals surface area contributed by atoms with Crippen LogP contribution < -0.4 is 22.3 Å². The van der Waals surface area contributed by atoms with Crippen molar-refractivity contribution in [2.45, 2.75) is 20.0 Å². The number of nitrogens with one attached hydrogen (secondary N) is 1. The molecule has 0 fully saturated rings. The Bertz CT molecular complexity index is 1150. The number of carbonyl (C=O) groups is 1. The van der Waals surface area contributed by atoms with Crippen LogP contribution in [-0.2, 0) is 13.1 Å². The van der Waals surface area contributed by atoms with E-state index in [9.17, 15) is 18.8 Å². The third kappa shape index (κ3) is 4.11. The van der Waals surface area contributed by atoms with Gasteiger partial charge in [0, 0.05) is 6.54 Å². The SMILES string of the molecule is CCn1c(=O)c(C(=O)CNc2ccccc2F)c(N)n(Cc2ccccc2)c1=O. The second-order valence-corrected chi connectivity index (χ2v) is 6.42. The van der Waals surface area contributed by atoms with E-state index in [1.165, 1.54) is 22.8 Å². The molecule has 0 amide bonds. The van der Waals surface area contributed by atoms with E-state index in [0.29, 0.717) is 0 Å². The quantitative estimate of drug-likeness (QED) is 0.596. The Labute approximate surface area is 166 Å². The average Bonchev–Trinajstić information content (AvgIpc) is 2.72. The van der Waals surface area contributed by atoms with Gasteiger partial charge < -0.3 is 11.1 Å². The number of nitrogens with zero attached hydrogens (tertiary/aromatic N) is 2. The molecule has 150 valence electrons. The van der Waals surface area contributed by atoms with Gasteiger partial charge in [-0.3, -0.25) is 18.7 Å². The standard InChI is InChI=1S/C21H21FN4O3/c1-2-25-20(28)18(17(27)12-24-16-11-7-6-10-15(16)22)19(23)26(21(25)29)13-14-8-4-3-5-9-14/h3-11,24H,2,12-13,23H2,1H3. The number of para-hydroxylation sites is 1. The molecular formula is C21H21FN4O3. The number of Topliss-reactive ketones (excluding diaryl/α,β-unsaturated/α-hetero) is 1. The summed E-state index contributed by atoms with van der Waals surface area (Å²) in [4.78, 5) is 38.2. The molecule has 0 unspecified atom stereocenters. The topological polar surface area (TPSA) is 99.1 Å². The Balaban J connectivity index is 2.00. The number of hydrogen-bond acceptors (Lipinski definition) is 5. The van der Waals surface area contributed by atoms with Crippen molar-refractivity contribution in [2.24, 2.45) is 0 Å². The van der Waals surface area contributed by atoms with Crippen LogP contribution in [0.25, 0.3) is 0 Å². The van der Waals surface area contributed by atoms with E-state index in [2.05, 4.69) is 5.32 Å². The van der Waals surface area contributed by atoms with Gasteiger partial charge in [-0.1, -0.05) is 42.5 Å². The zero-order valence-corrected chi connectivity index (χ0v) is 15.9. The van der Waals surface area contributed by atoms with Gasteiger partial charge in [0.05, 0.1) is 18.8 Å². The minimum Gasteiger partial charge on any atom is -0.384 e. The van der Waals surface area contributed by atoms with Crippen molar-refractivity contribution in [2.75, 3.05) is 17.6 Å². The maximum absolute atomic E-state index is 13.8. The first-order chi connectivity index (χ1) is 13.9. The molecule has 0 saturated carbocycles. The first kappa shape index (κ1) is 20.1. The third-order valence-electron chi connectivity index (χ3n) is 4.56. The van der Waals surface area contributed by atoms with Gasteiger partial charge in [0.15, 0.2) is 5.78 Å². The fourth-order valence-electron chi connectivity index (χ4n) is 3.04. The van der Waals surface area contributed by atoms with E-state index in [1.54, 1.807) is 13.0 Å². The summed E-state index contributed by atoms with van der Waals surface area (Å²) in [5.74, 6) is -1.35. The molecule has 3 N–H and O–H groups in total. The van der Waals surface area contributed by atoms with Crippen LogP contribution in [0, 0.1) is 5.82 Å². The summed E-state index contributed by atoms with van der Waals surface area (Å²) in [6.07, 6.45) is 0. The predicted molar refractivity (Wildman–Crippen MR) is 110 cm³/mol. The number of nitrogen functional groups attached to an aromatic ring is 1. The number of ketones is 1. The maximum Gasteiger partial charge on any atom is 0.332 e. The number of rotatable bonds is 7. The molecule has 1 aromatic heterocycles. The first-order valence-electron chi connectivity index (χ1n) is 9.12. The molecule has 0 saturated heterocycles.